The number of hydrogen-bond acceptors (Lipinski definition) is 2. The molecule has 2 heteroatoms. The molecule has 1 aliphatic carbocycles. The minimum absolute atomic E-state index is 0.636. The zero-order valence-corrected chi connectivity index (χ0v) is 9.45. The fourth-order valence-electron chi connectivity index (χ4n) is 2.65. The molecule has 0 bridgehead atoms. The third kappa shape index (κ3) is 2.57. The van der Waals surface area contributed by atoms with Crippen molar-refractivity contribution in [1.29, 1.82) is 0 Å². The van der Waals surface area contributed by atoms with E-state index in [0.717, 1.165) is 0 Å². The van der Waals surface area contributed by atoms with E-state index in [1.54, 1.807) is 0 Å². The van der Waals surface area contributed by atoms with Gasteiger partial charge in [0.15, 0.2) is 0 Å². The third-order valence-electron chi connectivity index (χ3n) is 3.50. The van der Waals surface area contributed by atoms with Gasteiger partial charge in [0.2, 0.25) is 0 Å². The van der Waals surface area contributed by atoms with Crippen LogP contribution >= 0.6 is 0 Å². The Bertz CT molecular complexity index is 284. The van der Waals surface area contributed by atoms with E-state index in [2.05, 4.69) is 23.4 Å². The van der Waals surface area contributed by atoms with Crippen molar-refractivity contribution < 1.29 is 0 Å². The molecular formula is C13H20N2. The van der Waals surface area contributed by atoms with Crippen LogP contribution in [0.1, 0.15) is 43.6 Å². The van der Waals surface area contributed by atoms with Crippen LogP contribution in [0, 0.1) is 0 Å². The average molecular weight is 204 g/mol. The monoisotopic (exact) mass is 204 g/mol. The molecule has 0 saturated heterocycles. The lowest BCUT2D eigenvalue weighted by atomic mass is 9.89. The number of hydrogen-bond donors (Lipinski definition) is 1. The van der Waals surface area contributed by atoms with E-state index in [1.807, 2.05) is 18.5 Å². The third-order valence-corrected chi connectivity index (χ3v) is 3.50. The molecule has 0 aliphatic heterocycles. The smallest absolute Gasteiger partial charge is 0.0303 e. The Hall–Kier alpha value is -0.890. The Balaban J connectivity index is 2.16. The van der Waals surface area contributed by atoms with Crippen molar-refractivity contribution in [1.82, 2.24) is 10.3 Å². The predicted octanol–water partition coefficient (Wildman–Crippen LogP) is 2.72. The lowest BCUT2D eigenvalue weighted by Crippen LogP contribution is -2.31. The minimum atomic E-state index is 0.636. The first-order valence-electron chi connectivity index (χ1n) is 5.99. The molecule has 1 aromatic rings. The van der Waals surface area contributed by atoms with Gasteiger partial charge in [-0.1, -0.05) is 25.3 Å². The zero-order valence-electron chi connectivity index (χ0n) is 9.45. The molecule has 2 unspecified atom stereocenters. The maximum absolute atomic E-state index is 4.23. The highest BCUT2D eigenvalue weighted by molar-refractivity contribution is 5.17. The highest BCUT2D eigenvalue weighted by Gasteiger charge is 2.23. The van der Waals surface area contributed by atoms with E-state index in [4.69, 9.17) is 0 Å². The van der Waals surface area contributed by atoms with Crippen LogP contribution in [0.5, 0.6) is 0 Å². The van der Waals surface area contributed by atoms with Gasteiger partial charge < -0.3 is 5.32 Å². The van der Waals surface area contributed by atoms with Gasteiger partial charge in [0.25, 0.3) is 0 Å². The van der Waals surface area contributed by atoms with Crippen molar-refractivity contribution in [2.45, 2.75) is 44.1 Å². The molecule has 1 N–H and O–H groups in total. The Morgan fingerprint density at radius 2 is 2.13 bits per heavy atom. The van der Waals surface area contributed by atoms with E-state index < -0.39 is 0 Å². The summed E-state index contributed by atoms with van der Waals surface area (Å²) in [6.07, 6.45) is 10.6. The Morgan fingerprint density at radius 1 is 1.27 bits per heavy atom. The first kappa shape index (κ1) is 10.6. The van der Waals surface area contributed by atoms with Crippen molar-refractivity contribution in [3.05, 3.63) is 30.1 Å². The van der Waals surface area contributed by atoms with Crippen molar-refractivity contribution in [3.63, 3.8) is 0 Å². The minimum Gasteiger partial charge on any atom is -0.316 e. The lowest BCUT2D eigenvalue weighted by Gasteiger charge is -2.24. The van der Waals surface area contributed by atoms with Gasteiger partial charge in [-0.3, -0.25) is 4.98 Å². The average Bonchev–Trinajstić information content (AvgIpc) is 2.55. The number of pyridine rings is 1. The Labute approximate surface area is 92.1 Å². The molecule has 0 aromatic carbocycles. The van der Waals surface area contributed by atoms with Gasteiger partial charge >= 0.3 is 0 Å². The Kier molecular flexibility index (Phi) is 3.73. The molecule has 0 spiro atoms. The largest absolute Gasteiger partial charge is 0.316 e. The standard InChI is InChI=1S/C13H20N2/c1-14-13-8-4-2-3-7-12(13)11-6-5-9-15-10-11/h5-6,9-10,12-14H,2-4,7-8H2,1H3. The molecule has 1 aromatic heterocycles. The van der Waals surface area contributed by atoms with E-state index in [-0.39, 0.29) is 0 Å². The predicted molar refractivity (Wildman–Crippen MR) is 62.9 cm³/mol. The number of likely N-dealkylation sites (N-methyl/N-ethyl adjacent to an activating group) is 1. The van der Waals surface area contributed by atoms with Gasteiger partial charge in [-0.2, -0.15) is 0 Å². The molecule has 2 rings (SSSR count). The van der Waals surface area contributed by atoms with E-state index in [0.29, 0.717) is 12.0 Å². The van der Waals surface area contributed by atoms with Crippen LogP contribution in [0.25, 0.3) is 0 Å². The summed E-state index contributed by atoms with van der Waals surface area (Å²) in [5.74, 6) is 0.659. The molecule has 1 heterocycles. The molecule has 1 aliphatic rings. The van der Waals surface area contributed by atoms with Crippen LogP contribution in [-0.4, -0.2) is 18.1 Å². The highest BCUT2D eigenvalue weighted by atomic mass is 14.9. The lowest BCUT2D eigenvalue weighted by molar-refractivity contribution is 0.438. The van der Waals surface area contributed by atoms with Crippen LogP contribution in [-0.2, 0) is 0 Å². The summed E-state index contributed by atoms with van der Waals surface area (Å²) in [4.78, 5) is 4.23. The van der Waals surface area contributed by atoms with Crippen LogP contribution in [0.15, 0.2) is 24.5 Å². The van der Waals surface area contributed by atoms with Crippen LogP contribution in [0.3, 0.4) is 0 Å². The summed E-state index contributed by atoms with van der Waals surface area (Å²) in [6.45, 7) is 0. The fourth-order valence-corrected chi connectivity index (χ4v) is 2.65. The second-order valence-corrected chi connectivity index (χ2v) is 4.43. The summed E-state index contributed by atoms with van der Waals surface area (Å²) in [6, 6.07) is 4.90. The molecule has 1 saturated carbocycles. The first-order valence-corrected chi connectivity index (χ1v) is 5.99. The van der Waals surface area contributed by atoms with Crippen LogP contribution in [0.2, 0.25) is 0 Å². The molecule has 2 nitrogen and oxygen atoms in total. The van der Waals surface area contributed by atoms with Crippen molar-refractivity contribution in [2.24, 2.45) is 0 Å². The van der Waals surface area contributed by atoms with Crippen molar-refractivity contribution in [2.75, 3.05) is 7.05 Å². The quantitative estimate of drug-likeness (QED) is 0.749. The molecule has 0 radical (unpaired) electrons. The number of rotatable bonds is 2. The van der Waals surface area contributed by atoms with Gasteiger partial charge in [0.1, 0.15) is 0 Å². The summed E-state index contributed by atoms with van der Waals surface area (Å²) in [5, 5.41) is 3.46. The Morgan fingerprint density at radius 3 is 2.87 bits per heavy atom. The van der Waals surface area contributed by atoms with Crippen LogP contribution < -0.4 is 5.32 Å². The number of nitrogens with zero attached hydrogens (tertiary/aromatic N) is 1. The summed E-state index contributed by atoms with van der Waals surface area (Å²) in [7, 11) is 2.08. The molecule has 15 heavy (non-hydrogen) atoms. The van der Waals surface area contributed by atoms with Crippen molar-refractivity contribution in [3.8, 4) is 0 Å². The summed E-state index contributed by atoms with van der Waals surface area (Å²) in [5.41, 5.74) is 1.40. The molecule has 1 fully saturated rings. The summed E-state index contributed by atoms with van der Waals surface area (Å²) < 4.78 is 0. The topological polar surface area (TPSA) is 24.9 Å². The maximum Gasteiger partial charge on any atom is 0.0303 e. The highest BCUT2D eigenvalue weighted by Crippen LogP contribution is 2.31. The van der Waals surface area contributed by atoms with E-state index in [1.165, 1.54) is 37.7 Å². The van der Waals surface area contributed by atoms with Gasteiger partial charge in [-0.15, -0.1) is 0 Å². The molecule has 82 valence electrons. The molecule has 2 atom stereocenters. The maximum atomic E-state index is 4.23. The zero-order chi connectivity index (χ0) is 10.5. The number of nitrogens with one attached hydrogen (secondary N) is 1. The molecule has 0 amide bonds. The first-order chi connectivity index (χ1) is 7.42. The van der Waals surface area contributed by atoms with E-state index in [9.17, 15) is 0 Å². The second kappa shape index (κ2) is 5.26. The van der Waals surface area contributed by atoms with E-state index >= 15 is 0 Å². The van der Waals surface area contributed by atoms with Gasteiger partial charge in [0, 0.05) is 24.4 Å². The second-order valence-electron chi connectivity index (χ2n) is 4.43. The number of aromatic nitrogens is 1. The van der Waals surface area contributed by atoms with Gasteiger partial charge in [-0.25, -0.2) is 0 Å². The van der Waals surface area contributed by atoms with Crippen molar-refractivity contribution >= 4 is 0 Å². The van der Waals surface area contributed by atoms with Gasteiger partial charge in [-0.05, 0) is 31.5 Å². The van der Waals surface area contributed by atoms with Crippen LogP contribution in [0.4, 0.5) is 0 Å². The fraction of sp³-hybridized carbons (Fsp3) is 0.615. The molecular weight excluding hydrogens is 184 g/mol. The van der Waals surface area contributed by atoms with Gasteiger partial charge in [0.05, 0.1) is 0 Å². The summed E-state index contributed by atoms with van der Waals surface area (Å²) >= 11 is 0. The SMILES string of the molecule is CNC1CCCCCC1c1cccnc1. The normalized spacial score (nSPS) is 27.3.